The molecule has 0 amide bonds. The number of likely N-dealkylation sites (tertiary alicyclic amines) is 1. The highest BCUT2D eigenvalue weighted by molar-refractivity contribution is 4.88. The number of nitrogens with one attached hydrogen (secondary N) is 1. The Labute approximate surface area is 106 Å². The smallest absolute Gasteiger partial charge is 0.0531 e. The molecule has 0 saturated carbocycles. The van der Waals surface area contributed by atoms with Crippen LogP contribution in [0.15, 0.2) is 0 Å². The van der Waals surface area contributed by atoms with E-state index in [2.05, 4.69) is 17.1 Å². The zero-order valence-corrected chi connectivity index (χ0v) is 11.5. The van der Waals surface area contributed by atoms with Crippen LogP contribution < -0.4 is 5.32 Å². The summed E-state index contributed by atoms with van der Waals surface area (Å²) in [4.78, 5) is 2.67. The van der Waals surface area contributed by atoms with Crippen LogP contribution in [0.2, 0.25) is 0 Å². The maximum Gasteiger partial charge on any atom is 0.0531 e. The van der Waals surface area contributed by atoms with Gasteiger partial charge in [-0.1, -0.05) is 6.92 Å². The first-order chi connectivity index (χ1) is 8.24. The molecule has 2 saturated heterocycles. The zero-order valence-electron chi connectivity index (χ0n) is 11.5. The molecular formula is C14H28N2O. The Kier molecular flexibility index (Phi) is 4.83. The summed E-state index contributed by atoms with van der Waals surface area (Å²) in [6, 6.07) is 0. The van der Waals surface area contributed by atoms with Crippen molar-refractivity contribution < 1.29 is 4.74 Å². The Morgan fingerprint density at radius 3 is 2.47 bits per heavy atom. The Morgan fingerprint density at radius 2 is 1.88 bits per heavy atom. The van der Waals surface area contributed by atoms with Gasteiger partial charge < -0.3 is 15.0 Å². The number of hydrogen-bond acceptors (Lipinski definition) is 3. The first-order valence-electron chi connectivity index (χ1n) is 7.16. The third-order valence-electron chi connectivity index (χ3n) is 4.55. The molecule has 0 atom stereocenters. The Morgan fingerprint density at radius 1 is 1.24 bits per heavy atom. The summed E-state index contributed by atoms with van der Waals surface area (Å²) in [6.07, 6.45) is 5.29. The molecule has 2 aliphatic rings. The van der Waals surface area contributed by atoms with Gasteiger partial charge in [0.2, 0.25) is 0 Å². The van der Waals surface area contributed by atoms with Gasteiger partial charge in [-0.3, -0.25) is 0 Å². The maximum atomic E-state index is 5.49. The largest absolute Gasteiger partial charge is 0.384 e. The van der Waals surface area contributed by atoms with E-state index in [1.807, 2.05) is 7.11 Å². The van der Waals surface area contributed by atoms with Crippen molar-refractivity contribution in [2.75, 3.05) is 46.4 Å². The summed E-state index contributed by atoms with van der Waals surface area (Å²) in [5.41, 5.74) is 0.417. The standard InChI is InChI=1S/C14H28N2O/c1-13-3-9-16(10-4-13)11-14(12-17-2)5-7-15-8-6-14/h13,15H,3-12H2,1-2H3. The minimum absolute atomic E-state index is 0.417. The minimum Gasteiger partial charge on any atom is -0.384 e. The first-order valence-corrected chi connectivity index (χ1v) is 7.16. The van der Waals surface area contributed by atoms with Crippen molar-refractivity contribution in [1.82, 2.24) is 10.2 Å². The Balaban J connectivity index is 1.88. The van der Waals surface area contributed by atoms with Gasteiger partial charge in [0.05, 0.1) is 6.61 Å². The summed E-state index contributed by atoms with van der Waals surface area (Å²) in [5.74, 6) is 0.928. The van der Waals surface area contributed by atoms with E-state index in [0.717, 1.165) is 25.6 Å². The van der Waals surface area contributed by atoms with Gasteiger partial charge in [0.25, 0.3) is 0 Å². The highest BCUT2D eigenvalue weighted by Crippen LogP contribution is 2.31. The van der Waals surface area contributed by atoms with Crippen molar-refractivity contribution in [2.24, 2.45) is 11.3 Å². The maximum absolute atomic E-state index is 5.49. The van der Waals surface area contributed by atoms with Gasteiger partial charge >= 0.3 is 0 Å². The highest BCUT2D eigenvalue weighted by atomic mass is 16.5. The fraction of sp³-hybridized carbons (Fsp3) is 1.00. The summed E-state index contributed by atoms with van der Waals surface area (Å²) < 4.78 is 5.49. The van der Waals surface area contributed by atoms with Gasteiger partial charge in [0, 0.05) is 19.1 Å². The van der Waals surface area contributed by atoms with E-state index in [1.165, 1.54) is 45.3 Å². The van der Waals surface area contributed by atoms with E-state index >= 15 is 0 Å². The van der Waals surface area contributed by atoms with Gasteiger partial charge in [-0.2, -0.15) is 0 Å². The third-order valence-corrected chi connectivity index (χ3v) is 4.55. The molecule has 0 aromatic rings. The lowest BCUT2D eigenvalue weighted by Crippen LogP contribution is -2.48. The third kappa shape index (κ3) is 3.67. The zero-order chi connectivity index (χ0) is 12.1. The van der Waals surface area contributed by atoms with Crippen molar-refractivity contribution in [3.8, 4) is 0 Å². The molecule has 0 radical (unpaired) electrons. The van der Waals surface area contributed by atoms with Crippen molar-refractivity contribution in [2.45, 2.75) is 32.6 Å². The van der Waals surface area contributed by atoms with E-state index in [1.54, 1.807) is 0 Å². The molecule has 0 aromatic heterocycles. The van der Waals surface area contributed by atoms with Crippen LogP contribution in [0.3, 0.4) is 0 Å². The number of piperidine rings is 2. The molecular weight excluding hydrogens is 212 g/mol. The van der Waals surface area contributed by atoms with Crippen LogP contribution >= 0.6 is 0 Å². The van der Waals surface area contributed by atoms with E-state index in [-0.39, 0.29) is 0 Å². The molecule has 0 aromatic carbocycles. The van der Waals surface area contributed by atoms with E-state index in [9.17, 15) is 0 Å². The topological polar surface area (TPSA) is 24.5 Å². The highest BCUT2D eigenvalue weighted by Gasteiger charge is 2.34. The number of rotatable bonds is 4. The lowest BCUT2D eigenvalue weighted by Gasteiger charge is -2.42. The number of methoxy groups -OCH3 is 1. The fourth-order valence-corrected chi connectivity index (χ4v) is 3.31. The van der Waals surface area contributed by atoms with Crippen molar-refractivity contribution >= 4 is 0 Å². The average Bonchev–Trinajstić information content (AvgIpc) is 2.34. The minimum atomic E-state index is 0.417. The van der Waals surface area contributed by atoms with Crippen LogP contribution in [0.25, 0.3) is 0 Å². The number of hydrogen-bond donors (Lipinski definition) is 1. The monoisotopic (exact) mass is 240 g/mol. The predicted molar refractivity (Wildman–Crippen MR) is 71.3 cm³/mol. The molecule has 3 heteroatoms. The lowest BCUT2D eigenvalue weighted by atomic mass is 9.78. The normalized spacial score (nSPS) is 27.2. The van der Waals surface area contributed by atoms with Gasteiger partial charge in [-0.25, -0.2) is 0 Å². The molecule has 2 fully saturated rings. The fourth-order valence-electron chi connectivity index (χ4n) is 3.31. The quantitative estimate of drug-likeness (QED) is 0.810. The van der Waals surface area contributed by atoms with Crippen molar-refractivity contribution in [1.29, 1.82) is 0 Å². The number of ether oxygens (including phenoxy) is 1. The molecule has 0 unspecified atom stereocenters. The summed E-state index contributed by atoms with van der Waals surface area (Å²) in [6.45, 7) is 9.46. The number of nitrogens with zero attached hydrogens (tertiary/aromatic N) is 1. The van der Waals surface area contributed by atoms with Gasteiger partial charge in [-0.05, 0) is 57.8 Å². The molecule has 17 heavy (non-hydrogen) atoms. The van der Waals surface area contributed by atoms with E-state index < -0.39 is 0 Å². The van der Waals surface area contributed by atoms with Gasteiger partial charge in [0.15, 0.2) is 0 Å². The molecule has 2 rings (SSSR count). The van der Waals surface area contributed by atoms with Gasteiger partial charge in [-0.15, -0.1) is 0 Å². The second-order valence-corrected chi connectivity index (χ2v) is 6.14. The summed E-state index contributed by atoms with van der Waals surface area (Å²) in [7, 11) is 1.85. The molecule has 0 aliphatic carbocycles. The molecule has 0 spiro atoms. The molecule has 0 bridgehead atoms. The molecule has 100 valence electrons. The van der Waals surface area contributed by atoms with E-state index in [0.29, 0.717) is 5.41 Å². The lowest BCUT2D eigenvalue weighted by molar-refractivity contribution is 0.0143. The van der Waals surface area contributed by atoms with Crippen LogP contribution in [0.4, 0.5) is 0 Å². The summed E-state index contributed by atoms with van der Waals surface area (Å²) in [5, 5.41) is 3.47. The van der Waals surface area contributed by atoms with Crippen LogP contribution in [0, 0.1) is 11.3 Å². The average molecular weight is 240 g/mol. The van der Waals surface area contributed by atoms with Crippen molar-refractivity contribution in [3.05, 3.63) is 0 Å². The first kappa shape index (κ1) is 13.3. The Bertz CT molecular complexity index is 213. The van der Waals surface area contributed by atoms with Crippen LogP contribution in [-0.4, -0.2) is 51.3 Å². The predicted octanol–water partition coefficient (Wildman–Crippen LogP) is 1.73. The second kappa shape index (κ2) is 6.17. The van der Waals surface area contributed by atoms with Crippen LogP contribution in [0.5, 0.6) is 0 Å². The SMILES string of the molecule is COCC1(CN2CCC(C)CC2)CCNCC1. The second-order valence-electron chi connectivity index (χ2n) is 6.14. The van der Waals surface area contributed by atoms with Crippen LogP contribution in [0.1, 0.15) is 32.6 Å². The summed E-state index contributed by atoms with van der Waals surface area (Å²) >= 11 is 0. The van der Waals surface area contributed by atoms with Crippen molar-refractivity contribution in [3.63, 3.8) is 0 Å². The molecule has 2 aliphatic heterocycles. The Hall–Kier alpha value is -0.120. The molecule has 2 heterocycles. The van der Waals surface area contributed by atoms with Gasteiger partial charge in [0.1, 0.15) is 0 Å². The van der Waals surface area contributed by atoms with Crippen LogP contribution in [-0.2, 0) is 4.74 Å². The molecule has 1 N–H and O–H groups in total. The molecule has 3 nitrogen and oxygen atoms in total. The van der Waals surface area contributed by atoms with E-state index in [4.69, 9.17) is 4.74 Å².